The zero-order valence-corrected chi connectivity index (χ0v) is 11.1. The van der Waals surface area contributed by atoms with Crippen LogP contribution in [0.1, 0.15) is 17.0 Å². The van der Waals surface area contributed by atoms with Crippen molar-refractivity contribution in [2.24, 2.45) is 0 Å². The molecule has 0 saturated carbocycles. The Hall–Kier alpha value is -1.62. The summed E-state index contributed by atoms with van der Waals surface area (Å²) in [4.78, 5) is 6.55. The third-order valence-corrected chi connectivity index (χ3v) is 3.84. The van der Waals surface area contributed by atoms with E-state index >= 15 is 0 Å². The predicted molar refractivity (Wildman–Crippen MR) is 69.8 cm³/mol. The van der Waals surface area contributed by atoms with Gasteiger partial charge in [0.15, 0.2) is 11.0 Å². The molecule has 0 aliphatic carbocycles. The van der Waals surface area contributed by atoms with Crippen LogP contribution in [0.3, 0.4) is 0 Å². The molecule has 6 heteroatoms. The van der Waals surface area contributed by atoms with Crippen molar-refractivity contribution in [1.82, 2.24) is 19.7 Å². The van der Waals surface area contributed by atoms with Crippen molar-refractivity contribution in [2.45, 2.75) is 26.9 Å². The van der Waals surface area contributed by atoms with Crippen molar-refractivity contribution in [3.8, 4) is 0 Å². The molecule has 0 spiro atoms. The van der Waals surface area contributed by atoms with Crippen LogP contribution in [0.25, 0.3) is 0 Å². The van der Waals surface area contributed by atoms with Gasteiger partial charge in [0.1, 0.15) is 5.82 Å². The fourth-order valence-electron chi connectivity index (χ4n) is 2.22. The summed E-state index contributed by atoms with van der Waals surface area (Å²) in [5, 5.41) is 8.71. The highest BCUT2D eigenvalue weighted by atomic mass is 35.5. The average Bonchev–Trinajstić information content (AvgIpc) is 2.83. The lowest BCUT2D eigenvalue weighted by atomic mass is 10.2. The van der Waals surface area contributed by atoms with Crippen molar-refractivity contribution in [1.29, 1.82) is 0 Å². The van der Waals surface area contributed by atoms with Crippen LogP contribution in [0.15, 0.2) is 12.4 Å². The molecule has 0 aromatic carbocycles. The van der Waals surface area contributed by atoms with Crippen LogP contribution in [0.5, 0.6) is 0 Å². The largest absolute Gasteiger partial charge is 0.346 e. The van der Waals surface area contributed by atoms with Crippen molar-refractivity contribution >= 4 is 17.4 Å². The Morgan fingerprint density at radius 1 is 1.17 bits per heavy atom. The van der Waals surface area contributed by atoms with E-state index in [9.17, 15) is 0 Å². The second-order valence-corrected chi connectivity index (χ2v) is 4.88. The average molecular weight is 264 g/mol. The summed E-state index contributed by atoms with van der Waals surface area (Å²) >= 11 is 5.98. The third-order valence-electron chi connectivity index (χ3n) is 3.48. The molecule has 3 heterocycles. The molecule has 1 aliphatic rings. The third kappa shape index (κ3) is 1.75. The van der Waals surface area contributed by atoms with Gasteiger partial charge in [-0.05, 0) is 25.0 Å². The summed E-state index contributed by atoms with van der Waals surface area (Å²) in [5.74, 6) is 1.97. The molecule has 1 aliphatic heterocycles. The molecule has 2 aromatic rings. The van der Waals surface area contributed by atoms with Crippen LogP contribution in [0, 0.1) is 13.8 Å². The monoisotopic (exact) mass is 263 g/mol. The van der Waals surface area contributed by atoms with Crippen molar-refractivity contribution < 1.29 is 0 Å². The lowest BCUT2D eigenvalue weighted by Gasteiger charge is -2.29. The second-order valence-electron chi connectivity index (χ2n) is 4.52. The first-order valence-electron chi connectivity index (χ1n) is 5.91. The number of hydrogen-bond donors (Lipinski definition) is 0. The molecule has 18 heavy (non-hydrogen) atoms. The fraction of sp³-hybridized carbons (Fsp3) is 0.417. The van der Waals surface area contributed by atoms with Crippen LogP contribution in [0.2, 0.25) is 5.15 Å². The van der Waals surface area contributed by atoms with Gasteiger partial charge in [0, 0.05) is 25.5 Å². The molecule has 0 radical (unpaired) electrons. The van der Waals surface area contributed by atoms with Gasteiger partial charge >= 0.3 is 0 Å². The van der Waals surface area contributed by atoms with E-state index in [2.05, 4.69) is 24.6 Å². The van der Waals surface area contributed by atoms with Gasteiger partial charge < -0.3 is 9.47 Å². The van der Waals surface area contributed by atoms with Crippen LogP contribution in [-0.2, 0) is 13.1 Å². The maximum atomic E-state index is 5.98. The van der Waals surface area contributed by atoms with E-state index in [-0.39, 0.29) is 0 Å². The van der Waals surface area contributed by atoms with Gasteiger partial charge in [-0.25, -0.2) is 4.98 Å². The van der Waals surface area contributed by atoms with Gasteiger partial charge in [-0.2, -0.15) is 0 Å². The fourth-order valence-corrected chi connectivity index (χ4v) is 2.40. The molecule has 0 unspecified atom stereocenters. The minimum atomic E-state index is 0.481. The van der Waals surface area contributed by atoms with E-state index in [0.717, 1.165) is 42.4 Å². The highest BCUT2D eigenvalue weighted by molar-refractivity contribution is 6.30. The van der Waals surface area contributed by atoms with Gasteiger partial charge in [-0.1, -0.05) is 11.6 Å². The topological polar surface area (TPSA) is 46.8 Å². The van der Waals surface area contributed by atoms with Gasteiger partial charge in [-0.3, -0.25) is 0 Å². The highest BCUT2D eigenvalue weighted by Crippen LogP contribution is 2.26. The molecule has 0 saturated heterocycles. The highest BCUT2D eigenvalue weighted by Gasteiger charge is 2.21. The Balaban J connectivity index is 1.96. The Labute approximate surface area is 110 Å². The Morgan fingerprint density at radius 3 is 2.83 bits per heavy atom. The smallest absolute Gasteiger partial charge is 0.155 e. The predicted octanol–water partition coefficient (Wildman–Crippen LogP) is 1.96. The van der Waals surface area contributed by atoms with E-state index in [0.29, 0.717) is 5.15 Å². The van der Waals surface area contributed by atoms with Crippen molar-refractivity contribution in [2.75, 3.05) is 11.4 Å². The zero-order valence-electron chi connectivity index (χ0n) is 10.4. The molecule has 5 nitrogen and oxygen atoms in total. The van der Waals surface area contributed by atoms with Gasteiger partial charge in [-0.15, -0.1) is 10.2 Å². The molecule has 0 fully saturated rings. The van der Waals surface area contributed by atoms with E-state index in [1.807, 2.05) is 26.2 Å². The summed E-state index contributed by atoms with van der Waals surface area (Å²) in [7, 11) is 0. The van der Waals surface area contributed by atoms with Gasteiger partial charge in [0.2, 0.25) is 0 Å². The van der Waals surface area contributed by atoms with Gasteiger partial charge in [0.05, 0.1) is 6.54 Å². The molecule has 0 N–H and O–H groups in total. The molecular weight excluding hydrogens is 250 g/mol. The minimum absolute atomic E-state index is 0.481. The lowest BCUT2D eigenvalue weighted by Crippen LogP contribution is -2.35. The molecule has 94 valence electrons. The molecule has 0 amide bonds. The number of imidazole rings is 1. The number of anilines is 1. The van der Waals surface area contributed by atoms with E-state index < -0.39 is 0 Å². The first kappa shape index (κ1) is 11.5. The number of hydrogen-bond acceptors (Lipinski definition) is 4. The minimum Gasteiger partial charge on any atom is -0.346 e. The maximum Gasteiger partial charge on any atom is 0.155 e. The number of halogens is 1. The Kier molecular flexibility index (Phi) is 2.70. The normalized spacial score (nSPS) is 14.7. The van der Waals surface area contributed by atoms with E-state index in [1.165, 1.54) is 0 Å². The quantitative estimate of drug-likeness (QED) is 0.789. The maximum absolute atomic E-state index is 5.98. The number of aromatic nitrogens is 4. The van der Waals surface area contributed by atoms with E-state index in [1.54, 1.807) is 0 Å². The molecule has 2 aromatic heterocycles. The first-order valence-corrected chi connectivity index (χ1v) is 6.29. The summed E-state index contributed by atoms with van der Waals surface area (Å²) < 4.78 is 2.17. The zero-order chi connectivity index (χ0) is 12.7. The number of nitrogens with zero attached hydrogens (tertiary/aromatic N) is 5. The van der Waals surface area contributed by atoms with E-state index in [4.69, 9.17) is 11.6 Å². The van der Waals surface area contributed by atoms with Crippen LogP contribution in [0.4, 0.5) is 5.82 Å². The molecular formula is C12H14ClN5. The SMILES string of the molecule is Cc1c(Cl)nnc(N2CCn3ccnc3C2)c1C. The van der Waals surface area contributed by atoms with Crippen LogP contribution in [-0.4, -0.2) is 26.3 Å². The van der Waals surface area contributed by atoms with Crippen LogP contribution >= 0.6 is 11.6 Å². The summed E-state index contributed by atoms with van der Waals surface area (Å²) in [6.07, 6.45) is 3.85. The Bertz CT molecular complexity index is 592. The number of rotatable bonds is 1. The molecule has 0 bridgehead atoms. The first-order chi connectivity index (χ1) is 8.66. The number of fused-ring (bicyclic) bond motifs is 1. The molecule has 0 atom stereocenters. The molecule has 3 rings (SSSR count). The lowest BCUT2D eigenvalue weighted by molar-refractivity contribution is 0.553. The summed E-state index contributed by atoms with van der Waals surface area (Å²) in [6, 6.07) is 0. The van der Waals surface area contributed by atoms with Crippen LogP contribution < -0.4 is 4.90 Å². The van der Waals surface area contributed by atoms with Crippen molar-refractivity contribution in [3.05, 3.63) is 34.5 Å². The summed E-state index contributed by atoms with van der Waals surface area (Å²) in [5.41, 5.74) is 2.09. The standard InChI is InChI=1S/C12H14ClN5/c1-8-9(2)12(16-15-11(8)13)18-6-5-17-4-3-14-10(17)7-18/h3-4H,5-7H2,1-2H3. The van der Waals surface area contributed by atoms with Gasteiger partial charge in [0.25, 0.3) is 0 Å². The summed E-state index contributed by atoms with van der Waals surface area (Å²) in [6.45, 7) is 6.62. The Morgan fingerprint density at radius 2 is 2.00 bits per heavy atom. The second kappa shape index (κ2) is 4.24. The van der Waals surface area contributed by atoms with Crippen molar-refractivity contribution in [3.63, 3.8) is 0 Å².